The molecule has 0 N–H and O–H groups in total. The van der Waals surface area contributed by atoms with Gasteiger partial charge in [-0.05, 0) is 86.1 Å². The highest BCUT2D eigenvalue weighted by Crippen LogP contribution is 2.35. The van der Waals surface area contributed by atoms with Crippen LogP contribution in [0.4, 0.5) is 0 Å². The van der Waals surface area contributed by atoms with Gasteiger partial charge in [-0.25, -0.2) is 9.97 Å². The van der Waals surface area contributed by atoms with Crippen molar-refractivity contribution in [3.63, 3.8) is 0 Å². The van der Waals surface area contributed by atoms with E-state index in [0.717, 1.165) is 61.2 Å². The van der Waals surface area contributed by atoms with E-state index in [1.807, 2.05) is 36.7 Å². The van der Waals surface area contributed by atoms with Gasteiger partial charge in [0.25, 0.3) is 0 Å². The molecule has 0 aliphatic heterocycles. The summed E-state index contributed by atoms with van der Waals surface area (Å²) in [5.41, 5.74) is 2.19. The molecule has 1 heterocycles. The molecule has 0 spiro atoms. The molecule has 4 rings (SSSR count). The third kappa shape index (κ3) is 11.1. The predicted molar refractivity (Wildman–Crippen MR) is 174 cm³/mol. The zero-order valence-corrected chi connectivity index (χ0v) is 26.8. The van der Waals surface area contributed by atoms with Crippen LogP contribution in [-0.4, -0.2) is 15.9 Å². The number of unbranched alkanes of at least 4 members (excludes halogenated alkanes) is 7. The van der Waals surface area contributed by atoms with E-state index in [2.05, 4.69) is 23.8 Å². The molecule has 2 saturated carbocycles. The van der Waals surface area contributed by atoms with Crippen molar-refractivity contribution in [2.75, 3.05) is 0 Å². The number of esters is 1. The van der Waals surface area contributed by atoms with Crippen molar-refractivity contribution in [3.8, 4) is 17.1 Å². The van der Waals surface area contributed by atoms with Gasteiger partial charge in [0.2, 0.25) is 0 Å². The fourth-order valence-electron chi connectivity index (χ4n) is 7.27. The number of rotatable bonds is 17. The van der Waals surface area contributed by atoms with Gasteiger partial charge in [0.05, 0.1) is 5.92 Å². The average Bonchev–Trinajstić information content (AvgIpc) is 3.03. The van der Waals surface area contributed by atoms with Crippen LogP contribution in [0.3, 0.4) is 0 Å². The number of benzene rings is 1. The van der Waals surface area contributed by atoms with E-state index in [0.29, 0.717) is 5.75 Å². The summed E-state index contributed by atoms with van der Waals surface area (Å²) in [5.74, 6) is 3.96. The Morgan fingerprint density at radius 1 is 0.667 bits per heavy atom. The number of nitrogens with zero attached hydrogens (tertiary/aromatic N) is 2. The quantitative estimate of drug-likeness (QED) is 0.107. The van der Waals surface area contributed by atoms with Gasteiger partial charge < -0.3 is 4.74 Å². The van der Waals surface area contributed by atoms with Crippen LogP contribution in [0.15, 0.2) is 36.7 Å². The molecule has 1 aromatic carbocycles. The van der Waals surface area contributed by atoms with E-state index in [-0.39, 0.29) is 11.9 Å². The van der Waals surface area contributed by atoms with Gasteiger partial charge in [-0.3, -0.25) is 4.79 Å². The van der Waals surface area contributed by atoms with E-state index in [1.54, 1.807) is 0 Å². The number of aromatic nitrogens is 2. The molecule has 2 aliphatic rings. The molecular weight excluding hydrogens is 516 g/mol. The normalized spacial score (nSPS) is 22.6. The van der Waals surface area contributed by atoms with Crippen LogP contribution >= 0.6 is 0 Å². The molecule has 0 radical (unpaired) electrons. The molecule has 0 amide bonds. The second-order valence-electron chi connectivity index (χ2n) is 13.6. The first-order valence-electron chi connectivity index (χ1n) is 17.8. The van der Waals surface area contributed by atoms with Gasteiger partial charge in [-0.15, -0.1) is 0 Å². The second-order valence-corrected chi connectivity index (χ2v) is 13.6. The second kappa shape index (κ2) is 18.4. The molecule has 42 heavy (non-hydrogen) atoms. The molecular formula is C38H58N2O2. The highest BCUT2D eigenvalue weighted by molar-refractivity contribution is 5.75. The molecule has 232 valence electrons. The Balaban J connectivity index is 1.12. The van der Waals surface area contributed by atoms with Gasteiger partial charge >= 0.3 is 5.97 Å². The number of aryl methyl sites for hydroxylation is 1. The zero-order chi connectivity index (χ0) is 29.4. The summed E-state index contributed by atoms with van der Waals surface area (Å²) >= 11 is 0. The first-order chi connectivity index (χ1) is 20.6. The third-order valence-corrected chi connectivity index (χ3v) is 10.2. The van der Waals surface area contributed by atoms with Gasteiger partial charge in [-0.1, -0.05) is 110 Å². The molecule has 0 unspecified atom stereocenters. The summed E-state index contributed by atoms with van der Waals surface area (Å²) in [6.45, 7) is 4.55. The van der Waals surface area contributed by atoms with E-state index in [9.17, 15) is 4.79 Å². The molecule has 2 aromatic rings. The number of hydrogen-bond acceptors (Lipinski definition) is 4. The maximum absolute atomic E-state index is 12.8. The third-order valence-electron chi connectivity index (χ3n) is 10.2. The maximum atomic E-state index is 12.8. The van der Waals surface area contributed by atoms with Crippen molar-refractivity contribution in [2.24, 2.45) is 23.7 Å². The first kappa shape index (κ1) is 32.7. The van der Waals surface area contributed by atoms with E-state index < -0.39 is 0 Å². The minimum Gasteiger partial charge on any atom is -0.426 e. The average molecular weight is 575 g/mol. The van der Waals surface area contributed by atoms with E-state index in [1.165, 1.54) is 108 Å². The van der Waals surface area contributed by atoms with Gasteiger partial charge in [0, 0.05) is 18.0 Å². The Bertz CT molecular complexity index is 1000. The molecule has 4 nitrogen and oxygen atoms in total. The van der Waals surface area contributed by atoms with Crippen LogP contribution in [0, 0.1) is 23.7 Å². The Kier molecular flexibility index (Phi) is 14.3. The monoisotopic (exact) mass is 574 g/mol. The summed E-state index contributed by atoms with van der Waals surface area (Å²) in [6.07, 6.45) is 31.4. The van der Waals surface area contributed by atoms with Gasteiger partial charge in [0.1, 0.15) is 5.75 Å². The molecule has 0 saturated heterocycles. The maximum Gasteiger partial charge on any atom is 0.314 e. The van der Waals surface area contributed by atoms with Crippen molar-refractivity contribution >= 4 is 5.97 Å². The van der Waals surface area contributed by atoms with Crippen molar-refractivity contribution in [3.05, 3.63) is 42.2 Å². The lowest BCUT2D eigenvalue weighted by molar-refractivity contribution is -0.140. The Morgan fingerprint density at radius 3 is 1.79 bits per heavy atom. The highest BCUT2D eigenvalue weighted by atomic mass is 16.5. The Morgan fingerprint density at radius 2 is 1.17 bits per heavy atom. The molecule has 0 bridgehead atoms. The van der Waals surface area contributed by atoms with Crippen LogP contribution in [0.1, 0.15) is 148 Å². The molecule has 4 heteroatoms. The number of carbonyl (C=O) groups excluding carboxylic acids is 1. The van der Waals surface area contributed by atoms with Crippen molar-refractivity contribution in [1.82, 2.24) is 9.97 Å². The summed E-state index contributed by atoms with van der Waals surface area (Å²) in [6, 6.07) is 7.69. The number of hydrogen-bond donors (Lipinski definition) is 0. The van der Waals surface area contributed by atoms with Crippen molar-refractivity contribution in [2.45, 2.75) is 149 Å². The van der Waals surface area contributed by atoms with Crippen molar-refractivity contribution in [1.29, 1.82) is 0 Å². The lowest BCUT2D eigenvalue weighted by atomic mass is 9.78. The topological polar surface area (TPSA) is 52.1 Å². The minimum absolute atomic E-state index is 0.0446. The smallest absolute Gasteiger partial charge is 0.314 e. The number of ether oxygens (including phenoxy) is 1. The molecule has 2 aliphatic carbocycles. The summed E-state index contributed by atoms with van der Waals surface area (Å²) in [4.78, 5) is 22.1. The lowest BCUT2D eigenvalue weighted by Crippen LogP contribution is -2.25. The van der Waals surface area contributed by atoms with Crippen LogP contribution in [0.25, 0.3) is 11.4 Å². The highest BCUT2D eigenvalue weighted by Gasteiger charge is 2.27. The van der Waals surface area contributed by atoms with Crippen LogP contribution in [-0.2, 0) is 11.2 Å². The first-order valence-corrected chi connectivity index (χ1v) is 17.8. The molecule has 1 aromatic heterocycles. The Hall–Kier alpha value is -2.23. The SMILES string of the molecule is CCCCCCCC[C@H]1CC[C@H](CCc2cnc(-c3ccc(OC(=O)[C@H]4CC[C@H](CCCCC)CC4)cc3)nc2)CC1. The predicted octanol–water partition coefficient (Wildman–Crippen LogP) is 10.9. The fraction of sp³-hybridized carbons (Fsp3) is 0.711. The van der Waals surface area contributed by atoms with E-state index in [4.69, 9.17) is 4.74 Å². The lowest BCUT2D eigenvalue weighted by Gasteiger charge is -2.28. The van der Waals surface area contributed by atoms with Crippen LogP contribution in [0.5, 0.6) is 5.75 Å². The standard InChI is InChI=1S/C38H58N2O2/c1-3-5-7-8-9-11-13-30-14-16-32(17-15-30)18-19-33-28-39-37(40-29-33)34-24-26-36(27-25-34)42-38(41)35-22-20-31(21-23-35)12-10-6-4-2/h24-32,35H,3-23H2,1-2H3/t30-,31-,32-,35-. The van der Waals surface area contributed by atoms with Gasteiger partial charge in [0.15, 0.2) is 5.82 Å². The van der Waals surface area contributed by atoms with Crippen LogP contribution < -0.4 is 4.74 Å². The van der Waals surface area contributed by atoms with Gasteiger partial charge in [-0.2, -0.15) is 0 Å². The zero-order valence-electron chi connectivity index (χ0n) is 26.8. The fourth-order valence-corrected chi connectivity index (χ4v) is 7.27. The van der Waals surface area contributed by atoms with Crippen molar-refractivity contribution < 1.29 is 9.53 Å². The number of carbonyl (C=O) groups is 1. The minimum atomic E-state index is -0.0679. The summed E-state index contributed by atoms with van der Waals surface area (Å²) in [7, 11) is 0. The molecule has 2 fully saturated rings. The largest absolute Gasteiger partial charge is 0.426 e. The summed E-state index contributed by atoms with van der Waals surface area (Å²) < 4.78 is 5.75. The van der Waals surface area contributed by atoms with Crippen LogP contribution in [0.2, 0.25) is 0 Å². The Labute approximate surface area is 256 Å². The van der Waals surface area contributed by atoms with E-state index >= 15 is 0 Å². The molecule has 0 atom stereocenters. The summed E-state index contributed by atoms with van der Waals surface area (Å²) in [5, 5.41) is 0.